The van der Waals surface area contributed by atoms with Crippen molar-refractivity contribution in [2.75, 3.05) is 38.3 Å². The summed E-state index contributed by atoms with van der Waals surface area (Å²) in [6, 6.07) is 8.97. The molecule has 1 N–H and O–H groups in total. The van der Waals surface area contributed by atoms with Crippen LogP contribution >= 0.6 is 0 Å². The van der Waals surface area contributed by atoms with E-state index in [-0.39, 0.29) is 17.4 Å². The molecule has 1 aromatic carbocycles. The summed E-state index contributed by atoms with van der Waals surface area (Å²) < 4.78 is 12.2. The largest absolute Gasteiger partial charge is 0.493 e. The highest BCUT2D eigenvalue weighted by Gasteiger charge is 2.26. The monoisotopic (exact) mass is 386 g/mol. The van der Waals surface area contributed by atoms with Crippen molar-refractivity contribution in [1.29, 1.82) is 0 Å². The molecular weight excluding hydrogens is 360 g/mol. The lowest BCUT2D eigenvalue weighted by atomic mass is 9.97. The van der Waals surface area contributed by atoms with Gasteiger partial charge in [-0.3, -0.25) is 9.59 Å². The van der Waals surface area contributed by atoms with Gasteiger partial charge in [0.1, 0.15) is 6.61 Å². The molecule has 0 unspecified atom stereocenters. The number of carbonyl (C=O) groups excluding carboxylic acids is 1. The van der Waals surface area contributed by atoms with Crippen molar-refractivity contribution in [2.45, 2.75) is 12.8 Å². The Labute approximate surface area is 164 Å². The number of methoxy groups -OCH3 is 1. The first-order chi connectivity index (χ1) is 13.6. The van der Waals surface area contributed by atoms with Crippen LogP contribution in [-0.2, 0) is 11.8 Å². The predicted molar refractivity (Wildman–Crippen MR) is 106 cm³/mol. The van der Waals surface area contributed by atoms with E-state index in [2.05, 4.69) is 10.4 Å². The van der Waals surface area contributed by atoms with Gasteiger partial charge in [-0.05, 0) is 25.0 Å². The molecule has 1 amide bonds. The molecule has 8 nitrogen and oxygen atoms in total. The molecule has 1 fully saturated rings. The number of rotatable bonds is 7. The zero-order chi connectivity index (χ0) is 19.9. The fourth-order valence-corrected chi connectivity index (χ4v) is 3.28. The van der Waals surface area contributed by atoms with Crippen LogP contribution in [-0.4, -0.2) is 49.0 Å². The molecule has 1 saturated heterocycles. The molecule has 2 aromatic rings. The Morgan fingerprint density at radius 3 is 2.86 bits per heavy atom. The molecule has 1 aromatic heterocycles. The minimum absolute atomic E-state index is 0.00474. The number of piperidine rings is 1. The summed E-state index contributed by atoms with van der Waals surface area (Å²) in [6.07, 6.45) is 3.39. The second kappa shape index (κ2) is 9.25. The molecule has 0 bridgehead atoms. The van der Waals surface area contributed by atoms with Crippen LogP contribution in [0.2, 0.25) is 0 Å². The summed E-state index contributed by atoms with van der Waals surface area (Å²) in [7, 11) is 3.21. The van der Waals surface area contributed by atoms with Crippen molar-refractivity contribution in [3.8, 4) is 11.5 Å². The summed E-state index contributed by atoms with van der Waals surface area (Å²) in [5, 5.41) is 7.00. The Hall–Kier alpha value is -3.03. The lowest BCUT2D eigenvalue weighted by Gasteiger charge is -2.33. The van der Waals surface area contributed by atoms with E-state index < -0.39 is 0 Å². The number of aryl methyl sites for hydroxylation is 1. The van der Waals surface area contributed by atoms with Crippen molar-refractivity contribution >= 4 is 11.6 Å². The lowest BCUT2D eigenvalue weighted by molar-refractivity contribution is -0.125. The molecule has 0 spiro atoms. The quantitative estimate of drug-likeness (QED) is 0.720. The normalized spacial score (nSPS) is 16.5. The lowest BCUT2D eigenvalue weighted by Crippen LogP contribution is -2.44. The number of nitrogens with zero attached hydrogens (tertiary/aromatic N) is 3. The Bertz CT molecular complexity index is 867. The van der Waals surface area contributed by atoms with Gasteiger partial charge in [0.15, 0.2) is 11.5 Å². The summed E-state index contributed by atoms with van der Waals surface area (Å²) >= 11 is 0. The van der Waals surface area contributed by atoms with E-state index >= 15 is 0 Å². The van der Waals surface area contributed by atoms with Crippen LogP contribution < -0.4 is 25.2 Å². The van der Waals surface area contributed by atoms with E-state index in [1.807, 2.05) is 29.2 Å². The number of nitrogens with one attached hydrogen (secondary N) is 1. The third-order valence-corrected chi connectivity index (χ3v) is 4.84. The van der Waals surface area contributed by atoms with Crippen LogP contribution in [0.15, 0.2) is 41.3 Å². The first kappa shape index (κ1) is 19.7. The number of ether oxygens (including phenoxy) is 2. The molecule has 0 radical (unpaired) electrons. The highest BCUT2D eigenvalue weighted by molar-refractivity contribution is 5.79. The number of amides is 1. The molecule has 28 heavy (non-hydrogen) atoms. The number of anilines is 1. The molecule has 1 aliphatic rings. The van der Waals surface area contributed by atoms with E-state index in [0.29, 0.717) is 31.2 Å². The fraction of sp³-hybridized carbons (Fsp3) is 0.450. The van der Waals surface area contributed by atoms with E-state index in [1.54, 1.807) is 26.4 Å². The smallest absolute Gasteiger partial charge is 0.268 e. The summed E-state index contributed by atoms with van der Waals surface area (Å²) in [5.41, 5.74) is 0.609. The van der Waals surface area contributed by atoms with Crippen LogP contribution in [0.5, 0.6) is 11.5 Å². The van der Waals surface area contributed by atoms with Crippen molar-refractivity contribution < 1.29 is 14.3 Å². The number of benzene rings is 1. The Balaban J connectivity index is 1.48. The van der Waals surface area contributed by atoms with Gasteiger partial charge in [-0.15, -0.1) is 0 Å². The van der Waals surface area contributed by atoms with Crippen LogP contribution in [0.1, 0.15) is 12.8 Å². The van der Waals surface area contributed by atoms with E-state index in [9.17, 15) is 9.59 Å². The number of hydrogen-bond donors (Lipinski definition) is 1. The molecule has 150 valence electrons. The highest BCUT2D eigenvalue weighted by atomic mass is 16.5. The Kier molecular flexibility index (Phi) is 6.52. The van der Waals surface area contributed by atoms with Crippen molar-refractivity contribution in [2.24, 2.45) is 13.0 Å². The van der Waals surface area contributed by atoms with Gasteiger partial charge in [0, 0.05) is 26.2 Å². The van der Waals surface area contributed by atoms with Gasteiger partial charge in [-0.2, -0.15) is 5.10 Å². The van der Waals surface area contributed by atoms with Gasteiger partial charge in [-0.25, -0.2) is 4.68 Å². The van der Waals surface area contributed by atoms with Crippen LogP contribution in [0.25, 0.3) is 0 Å². The van der Waals surface area contributed by atoms with E-state index in [0.717, 1.165) is 25.1 Å². The molecule has 2 heterocycles. The van der Waals surface area contributed by atoms with E-state index in [1.165, 1.54) is 4.68 Å². The maximum absolute atomic E-state index is 12.5. The van der Waals surface area contributed by atoms with Crippen LogP contribution in [0.3, 0.4) is 0 Å². The van der Waals surface area contributed by atoms with Gasteiger partial charge in [0.25, 0.3) is 5.56 Å². The van der Waals surface area contributed by atoms with Crippen molar-refractivity contribution in [3.63, 3.8) is 0 Å². The minimum atomic E-state index is -0.155. The topological polar surface area (TPSA) is 85.7 Å². The molecule has 1 aliphatic heterocycles. The highest BCUT2D eigenvalue weighted by Crippen LogP contribution is 2.25. The second-order valence-corrected chi connectivity index (χ2v) is 6.75. The maximum Gasteiger partial charge on any atom is 0.268 e. The number of para-hydroxylation sites is 2. The van der Waals surface area contributed by atoms with Gasteiger partial charge < -0.3 is 19.7 Å². The molecule has 0 saturated carbocycles. The standard InChI is InChI=1S/C20H26N4O4/c1-23-19(25)12-16(13-22-23)24-10-5-6-15(14-24)20(26)21-9-11-28-18-8-4-3-7-17(18)27-2/h3-4,7-8,12-13,15H,5-6,9-11,14H2,1-2H3,(H,21,26)/t15-/m0/s1. The first-order valence-electron chi connectivity index (χ1n) is 9.40. The van der Waals surface area contributed by atoms with Gasteiger partial charge >= 0.3 is 0 Å². The second-order valence-electron chi connectivity index (χ2n) is 6.75. The third-order valence-electron chi connectivity index (χ3n) is 4.84. The van der Waals surface area contributed by atoms with Gasteiger partial charge in [0.2, 0.25) is 5.91 Å². The molecular formula is C20H26N4O4. The zero-order valence-corrected chi connectivity index (χ0v) is 16.3. The average molecular weight is 386 g/mol. The average Bonchev–Trinajstić information content (AvgIpc) is 2.73. The number of aromatic nitrogens is 2. The first-order valence-corrected chi connectivity index (χ1v) is 9.40. The van der Waals surface area contributed by atoms with E-state index in [4.69, 9.17) is 9.47 Å². The number of hydrogen-bond acceptors (Lipinski definition) is 6. The Morgan fingerprint density at radius 1 is 1.32 bits per heavy atom. The van der Waals surface area contributed by atoms with Crippen LogP contribution in [0.4, 0.5) is 5.69 Å². The summed E-state index contributed by atoms with van der Waals surface area (Å²) in [6.45, 7) is 2.17. The molecule has 1 atom stereocenters. The third kappa shape index (κ3) is 4.82. The van der Waals surface area contributed by atoms with Gasteiger partial charge in [-0.1, -0.05) is 12.1 Å². The Morgan fingerprint density at radius 2 is 2.11 bits per heavy atom. The van der Waals surface area contributed by atoms with Gasteiger partial charge in [0.05, 0.1) is 31.5 Å². The van der Waals surface area contributed by atoms with Crippen molar-refractivity contribution in [3.05, 3.63) is 46.9 Å². The molecule has 3 rings (SSSR count). The van der Waals surface area contributed by atoms with Crippen molar-refractivity contribution in [1.82, 2.24) is 15.1 Å². The number of carbonyl (C=O) groups is 1. The summed E-state index contributed by atoms with van der Waals surface area (Å²) in [5.74, 6) is 1.20. The maximum atomic E-state index is 12.5. The minimum Gasteiger partial charge on any atom is -0.493 e. The van der Waals surface area contributed by atoms with Crippen LogP contribution in [0, 0.1) is 5.92 Å². The summed E-state index contributed by atoms with van der Waals surface area (Å²) in [4.78, 5) is 26.4. The SMILES string of the molecule is COc1ccccc1OCCNC(=O)[C@H]1CCCN(c2cnn(C)c(=O)c2)C1. The molecule has 0 aliphatic carbocycles. The predicted octanol–water partition coefficient (Wildman–Crippen LogP) is 1.20. The zero-order valence-electron chi connectivity index (χ0n) is 16.3. The molecule has 8 heteroatoms. The fourth-order valence-electron chi connectivity index (χ4n) is 3.28.